The molecule has 0 saturated carbocycles. The maximum absolute atomic E-state index is 12.3. The zero-order valence-corrected chi connectivity index (χ0v) is 16.6. The van der Waals surface area contributed by atoms with Gasteiger partial charge in [-0.25, -0.2) is 9.50 Å². The van der Waals surface area contributed by atoms with Gasteiger partial charge in [0.05, 0.1) is 5.75 Å². The van der Waals surface area contributed by atoms with Crippen molar-refractivity contribution in [2.24, 2.45) is 0 Å². The van der Waals surface area contributed by atoms with Crippen LogP contribution in [0, 0.1) is 20.8 Å². The number of unbranched alkanes of at least 4 members (excludes halogenated alkanes) is 1. The van der Waals surface area contributed by atoms with Crippen molar-refractivity contribution in [2.45, 2.75) is 52.1 Å². The molecule has 0 fully saturated rings. The molecule has 0 aliphatic rings. The van der Waals surface area contributed by atoms with E-state index >= 15 is 0 Å². The Kier molecular flexibility index (Phi) is 5.71. The summed E-state index contributed by atoms with van der Waals surface area (Å²) in [6.07, 6.45) is 3.29. The van der Waals surface area contributed by atoms with E-state index in [1.807, 2.05) is 38.1 Å². The van der Waals surface area contributed by atoms with Crippen molar-refractivity contribution in [3.05, 3.63) is 52.3 Å². The molecule has 0 atom stereocenters. The number of fused-ring (bicyclic) bond motifs is 1. The summed E-state index contributed by atoms with van der Waals surface area (Å²) in [5.41, 5.74) is 5.22. The zero-order valence-electron chi connectivity index (χ0n) is 15.7. The summed E-state index contributed by atoms with van der Waals surface area (Å²) >= 11 is 1.36. The topological polar surface area (TPSA) is 60.2 Å². The number of ketones is 1. The molecule has 0 saturated heterocycles. The molecule has 3 rings (SSSR count). The Bertz CT molecular complexity index is 931. The zero-order chi connectivity index (χ0) is 18.7. The number of carbonyl (C=O) groups excluding carboxylic acids is 1. The summed E-state index contributed by atoms with van der Waals surface area (Å²) in [5.74, 6) is 1.00. The van der Waals surface area contributed by atoms with Gasteiger partial charge in [0, 0.05) is 17.0 Å². The lowest BCUT2D eigenvalue weighted by molar-refractivity contribution is 0.102. The van der Waals surface area contributed by atoms with E-state index in [0.29, 0.717) is 16.7 Å². The van der Waals surface area contributed by atoms with E-state index in [4.69, 9.17) is 0 Å². The van der Waals surface area contributed by atoms with E-state index in [1.54, 1.807) is 4.52 Å². The van der Waals surface area contributed by atoms with Crippen molar-refractivity contribution in [1.82, 2.24) is 19.6 Å². The maximum Gasteiger partial charge on any atom is 0.253 e. The van der Waals surface area contributed by atoms with Gasteiger partial charge < -0.3 is 0 Å². The van der Waals surface area contributed by atoms with Crippen LogP contribution in [-0.4, -0.2) is 31.1 Å². The first-order chi connectivity index (χ1) is 12.5. The molecule has 0 amide bonds. The molecule has 3 aromatic rings. The number of nitrogens with zero attached hydrogens (tertiary/aromatic N) is 4. The third-order valence-corrected chi connectivity index (χ3v) is 5.35. The van der Waals surface area contributed by atoms with E-state index in [9.17, 15) is 4.79 Å². The van der Waals surface area contributed by atoms with Crippen LogP contribution in [0.3, 0.4) is 0 Å². The summed E-state index contributed by atoms with van der Waals surface area (Å²) in [6, 6.07) is 7.64. The number of carbonyl (C=O) groups is 1. The van der Waals surface area contributed by atoms with Crippen LogP contribution in [-0.2, 0) is 6.42 Å². The molecule has 1 aromatic carbocycles. The molecule has 0 aliphatic carbocycles. The highest BCUT2D eigenvalue weighted by Gasteiger charge is 2.15. The Morgan fingerprint density at radius 3 is 2.54 bits per heavy atom. The molecule has 0 radical (unpaired) electrons. The Labute approximate surface area is 158 Å². The van der Waals surface area contributed by atoms with E-state index < -0.39 is 0 Å². The largest absolute Gasteiger partial charge is 0.293 e. The fraction of sp³-hybridized carbons (Fsp3) is 0.400. The van der Waals surface area contributed by atoms with Crippen LogP contribution in [0.2, 0.25) is 0 Å². The molecule has 26 heavy (non-hydrogen) atoms. The third kappa shape index (κ3) is 3.96. The van der Waals surface area contributed by atoms with Crippen molar-refractivity contribution in [2.75, 3.05) is 5.75 Å². The second-order valence-electron chi connectivity index (χ2n) is 6.55. The van der Waals surface area contributed by atoms with Crippen LogP contribution in [0.25, 0.3) is 5.78 Å². The maximum atomic E-state index is 12.3. The molecular formula is C20H24N4OS. The average molecular weight is 369 g/mol. The number of rotatable bonds is 7. The first-order valence-corrected chi connectivity index (χ1v) is 9.93. The number of aryl methyl sites for hydroxylation is 3. The van der Waals surface area contributed by atoms with Crippen LogP contribution in [0.4, 0.5) is 0 Å². The second-order valence-corrected chi connectivity index (χ2v) is 7.49. The van der Waals surface area contributed by atoms with Gasteiger partial charge in [-0.2, -0.15) is 4.98 Å². The number of hydrogen-bond acceptors (Lipinski definition) is 5. The van der Waals surface area contributed by atoms with E-state index in [2.05, 4.69) is 28.9 Å². The summed E-state index contributed by atoms with van der Waals surface area (Å²) in [4.78, 5) is 21.4. The van der Waals surface area contributed by atoms with Crippen molar-refractivity contribution < 1.29 is 4.79 Å². The summed E-state index contributed by atoms with van der Waals surface area (Å²) in [5, 5.41) is 5.15. The molecule has 136 valence electrons. The van der Waals surface area contributed by atoms with Crippen LogP contribution in [0.5, 0.6) is 0 Å². The van der Waals surface area contributed by atoms with Crippen LogP contribution < -0.4 is 0 Å². The minimum atomic E-state index is 0.0818. The summed E-state index contributed by atoms with van der Waals surface area (Å²) in [6.45, 7) is 8.29. The molecule has 0 N–H and O–H groups in total. The summed E-state index contributed by atoms with van der Waals surface area (Å²) in [7, 11) is 0. The lowest BCUT2D eigenvalue weighted by Gasteiger charge is -2.09. The number of hydrogen-bond donors (Lipinski definition) is 0. The number of benzene rings is 1. The van der Waals surface area contributed by atoms with Crippen LogP contribution in [0.15, 0.2) is 29.4 Å². The van der Waals surface area contributed by atoms with Crippen molar-refractivity contribution in [3.8, 4) is 0 Å². The first kappa shape index (κ1) is 18.6. The Hall–Kier alpha value is -2.21. The molecule has 2 aromatic heterocycles. The van der Waals surface area contributed by atoms with Crippen LogP contribution in [0.1, 0.15) is 52.6 Å². The quantitative estimate of drug-likeness (QED) is 0.458. The van der Waals surface area contributed by atoms with Gasteiger partial charge in [0.25, 0.3) is 5.78 Å². The van der Waals surface area contributed by atoms with Gasteiger partial charge >= 0.3 is 0 Å². The molecular weight excluding hydrogens is 344 g/mol. The van der Waals surface area contributed by atoms with E-state index in [-0.39, 0.29) is 5.78 Å². The fourth-order valence-corrected chi connectivity index (χ4v) is 3.63. The minimum Gasteiger partial charge on any atom is -0.293 e. The second kappa shape index (κ2) is 7.99. The molecule has 5 nitrogen and oxygen atoms in total. The number of thioether (sulfide) groups is 1. The minimum absolute atomic E-state index is 0.0818. The molecule has 6 heteroatoms. The van der Waals surface area contributed by atoms with E-state index in [1.165, 1.54) is 17.3 Å². The van der Waals surface area contributed by atoms with Gasteiger partial charge in [-0.3, -0.25) is 4.79 Å². The van der Waals surface area contributed by atoms with E-state index in [0.717, 1.165) is 41.8 Å². The standard InChI is InChI=1S/C20H24N4OS/c1-5-6-7-17-14(3)21-19-22-20(23-24(19)15(17)4)26-12-18(25)16-10-8-13(2)9-11-16/h8-11H,5-7,12H2,1-4H3. The highest BCUT2D eigenvalue weighted by Crippen LogP contribution is 2.20. The predicted molar refractivity (Wildman–Crippen MR) is 105 cm³/mol. The lowest BCUT2D eigenvalue weighted by Crippen LogP contribution is -2.05. The molecule has 0 spiro atoms. The normalized spacial score (nSPS) is 11.2. The van der Waals surface area contributed by atoms with Crippen molar-refractivity contribution in [3.63, 3.8) is 0 Å². The van der Waals surface area contributed by atoms with Crippen molar-refractivity contribution in [1.29, 1.82) is 0 Å². The SMILES string of the molecule is CCCCc1c(C)nc2nc(SCC(=O)c3ccc(C)cc3)nn2c1C. The predicted octanol–water partition coefficient (Wildman–Crippen LogP) is 4.37. The Morgan fingerprint density at radius 1 is 1.12 bits per heavy atom. The first-order valence-electron chi connectivity index (χ1n) is 8.95. The molecule has 0 bridgehead atoms. The van der Waals surface area contributed by atoms with Gasteiger partial charge in [-0.1, -0.05) is 54.9 Å². The van der Waals surface area contributed by atoms with Gasteiger partial charge in [-0.05, 0) is 39.2 Å². The number of Topliss-reactive ketones (excluding diaryl/α,β-unsaturated/α-hetero) is 1. The summed E-state index contributed by atoms with van der Waals surface area (Å²) < 4.78 is 1.80. The monoisotopic (exact) mass is 368 g/mol. The van der Waals surface area contributed by atoms with Gasteiger partial charge in [0.1, 0.15) is 0 Å². The van der Waals surface area contributed by atoms with Gasteiger partial charge in [-0.15, -0.1) is 5.10 Å². The van der Waals surface area contributed by atoms with Crippen molar-refractivity contribution >= 4 is 23.3 Å². The highest BCUT2D eigenvalue weighted by molar-refractivity contribution is 7.99. The smallest absolute Gasteiger partial charge is 0.253 e. The highest BCUT2D eigenvalue weighted by atomic mass is 32.2. The Morgan fingerprint density at radius 2 is 1.85 bits per heavy atom. The average Bonchev–Trinajstić information content (AvgIpc) is 3.03. The lowest BCUT2D eigenvalue weighted by atomic mass is 10.1. The molecule has 0 unspecified atom stereocenters. The number of aromatic nitrogens is 4. The third-order valence-electron chi connectivity index (χ3n) is 4.52. The molecule has 2 heterocycles. The fourth-order valence-electron chi connectivity index (χ4n) is 2.92. The Balaban J connectivity index is 1.77. The van der Waals surface area contributed by atoms with Gasteiger partial charge in [0.15, 0.2) is 5.78 Å². The van der Waals surface area contributed by atoms with Gasteiger partial charge in [0.2, 0.25) is 5.16 Å². The molecule has 0 aliphatic heterocycles. The van der Waals surface area contributed by atoms with Crippen LogP contribution >= 0.6 is 11.8 Å².